The van der Waals surface area contributed by atoms with Crippen LogP contribution in [0, 0.1) is 66.4 Å². The molecule has 0 unspecified atom stereocenters. The average Bonchev–Trinajstić information content (AvgIpc) is 0.774. The van der Waals surface area contributed by atoms with Crippen molar-refractivity contribution in [2.24, 2.45) is 39.5 Å². The molecule has 0 N–H and O–H groups in total. The summed E-state index contributed by atoms with van der Waals surface area (Å²) in [6.45, 7) is 12.0. The Morgan fingerprint density at radius 3 is 1.05 bits per heavy atom. The Balaban J connectivity index is 0.000000168. The fourth-order valence-corrected chi connectivity index (χ4v) is 13.4. The van der Waals surface area contributed by atoms with Gasteiger partial charge in [0.15, 0.2) is 24.8 Å². The molecule has 12 aromatic rings. The predicted octanol–water partition coefficient (Wildman–Crippen LogP) is 23.8. The highest BCUT2D eigenvalue weighted by molar-refractivity contribution is 5.79. The van der Waals surface area contributed by atoms with Crippen molar-refractivity contribution in [2.45, 2.75) is 160 Å². The van der Waals surface area contributed by atoms with Gasteiger partial charge in [-0.3, -0.25) is 0 Å². The van der Waals surface area contributed by atoms with Gasteiger partial charge in [-0.15, -0.1) is 0 Å². The van der Waals surface area contributed by atoms with E-state index in [0.29, 0.717) is 44.5 Å². The van der Waals surface area contributed by atoms with Crippen LogP contribution in [0.4, 0.5) is 0 Å². The molecule has 0 amide bonds. The molecule has 0 aliphatic heterocycles. The summed E-state index contributed by atoms with van der Waals surface area (Å²) in [5.41, 5.74) is 21.3. The number of hydrogen-bond donors (Lipinski definition) is 0. The standard InChI is InChI=1S/C26H30N.C25H30N.C24H28N.C23H26N/c1-19-16-20(2)25(18-24(19)22-12-8-5-9-13-22)26-17-23(14-15-27(26)3)21-10-6-4-7-11-21;1-18-14-19(2)23(16-22(18)21-10-8-7-9-11-21)24-15-20(12-13-26(24)6)17-25(3,4)5;1-17(2)13-20-11-12-25(5)24(15-20)23-16-22(18(3)14-19(23)4)21-9-7-6-8-10-21;1-16(2)20-11-12-24(5)23(14-20)22-15-21(17(3)13-18(22)4)19-9-7-6-8-10-19/h5,8-9,12-18,21H,4,6-7,10-11H2,1-3H3;7-16H,17H2,1-6H3;6-12,14-17H,13H2,1-5H3;6-16H,1-5H3/q4*+1/i1D3,21D;1D3,17D2;3D3,13D2;3D3,16D. The Labute approximate surface area is 639 Å². The Kier molecular flexibility index (Phi) is 18.0. The van der Waals surface area contributed by atoms with Gasteiger partial charge in [0.25, 0.3) is 0 Å². The van der Waals surface area contributed by atoms with Gasteiger partial charge in [-0.25, -0.2) is 18.3 Å². The van der Waals surface area contributed by atoms with Gasteiger partial charge >= 0.3 is 0 Å². The van der Waals surface area contributed by atoms with Crippen molar-refractivity contribution in [3.63, 3.8) is 0 Å². The van der Waals surface area contributed by atoms with Crippen LogP contribution in [-0.4, -0.2) is 0 Å². The second-order valence-electron chi connectivity index (χ2n) is 28.8. The summed E-state index contributed by atoms with van der Waals surface area (Å²) in [4.78, 5) is 0. The average molecular weight is 1370 g/mol. The molecular formula is C98H114N4+4. The maximum atomic E-state index is 9.05. The van der Waals surface area contributed by atoms with E-state index >= 15 is 0 Å². The lowest BCUT2D eigenvalue weighted by atomic mass is 9.83. The highest BCUT2D eigenvalue weighted by Crippen LogP contribution is 2.39. The topological polar surface area (TPSA) is 15.5 Å². The minimum absolute atomic E-state index is 0.169. The molecule has 4 aromatic heterocycles. The molecule has 1 saturated carbocycles. The van der Waals surface area contributed by atoms with E-state index in [0.717, 1.165) is 137 Å². The molecule has 13 rings (SSSR count). The molecule has 1 fully saturated rings. The van der Waals surface area contributed by atoms with Gasteiger partial charge in [-0.1, -0.05) is 213 Å². The first-order valence-corrected chi connectivity index (χ1v) is 35.7. The molecule has 4 heteroatoms. The van der Waals surface area contributed by atoms with Crippen LogP contribution < -0.4 is 18.3 Å². The number of rotatable bonds is 13. The van der Waals surface area contributed by atoms with Crippen molar-refractivity contribution < 1.29 is 42.9 Å². The van der Waals surface area contributed by atoms with Crippen molar-refractivity contribution >= 4 is 0 Å². The van der Waals surface area contributed by atoms with E-state index < -0.39 is 57.4 Å². The monoisotopic (exact) mass is 1370 g/mol. The quantitative estimate of drug-likeness (QED) is 0.102. The lowest BCUT2D eigenvalue weighted by Gasteiger charge is -2.22. The molecule has 0 spiro atoms. The fraction of sp³-hybridized carbons (Fsp3) is 0.306. The van der Waals surface area contributed by atoms with Gasteiger partial charge in [-0.2, -0.15) is 0 Å². The normalized spacial score (nSPS) is 16.1. The van der Waals surface area contributed by atoms with Crippen molar-refractivity contribution in [3.8, 4) is 89.5 Å². The fourth-order valence-electron chi connectivity index (χ4n) is 13.4. The summed E-state index contributed by atoms with van der Waals surface area (Å²) >= 11 is 0. The molecule has 8 aromatic carbocycles. The second-order valence-corrected chi connectivity index (χ2v) is 28.8. The molecule has 522 valence electrons. The van der Waals surface area contributed by atoms with Gasteiger partial charge < -0.3 is 0 Å². The van der Waals surface area contributed by atoms with E-state index in [1.165, 1.54) is 6.42 Å². The lowest BCUT2D eigenvalue weighted by Crippen LogP contribution is -2.31. The van der Waals surface area contributed by atoms with Crippen LogP contribution in [0.3, 0.4) is 0 Å². The predicted molar refractivity (Wildman–Crippen MR) is 433 cm³/mol. The van der Waals surface area contributed by atoms with Crippen molar-refractivity contribution in [1.29, 1.82) is 0 Å². The van der Waals surface area contributed by atoms with Crippen LogP contribution >= 0.6 is 0 Å². The summed E-state index contributed by atoms with van der Waals surface area (Å²) in [6.07, 6.45) is 9.95. The molecule has 4 nitrogen and oxygen atoms in total. The third-order valence-corrected chi connectivity index (χ3v) is 18.9. The van der Waals surface area contributed by atoms with Gasteiger partial charge in [0.2, 0.25) is 22.8 Å². The summed E-state index contributed by atoms with van der Waals surface area (Å²) < 4.78 is 156. The van der Waals surface area contributed by atoms with Crippen LogP contribution in [0.2, 0.25) is 0 Å². The number of pyridine rings is 4. The molecular weight excluding hydrogens is 1230 g/mol. The highest BCUT2D eigenvalue weighted by Gasteiger charge is 2.24. The summed E-state index contributed by atoms with van der Waals surface area (Å²) in [6, 6.07) is 69.0. The molecule has 0 atom stereocenters. The van der Waals surface area contributed by atoms with Crippen LogP contribution in [0.15, 0.2) is 243 Å². The first-order valence-electron chi connectivity index (χ1n) is 44.7. The van der Waals surface area contributed by atoms with Crippen LogP contribution in [-0.2, 0) is 40.9 Å². The Morgan fingerprint density at radius 1 is 0.382 bits per heavy atom. The molecule has 4 heterocycles. The SMILES string of the molecule is [2H]C([2H])([2H])c1cc(C)c(-c2cc(C([2H])(C)C)cc[n+]2C)cc1-c1ccccc1.[2H]C([2H])([2H])c1cc(C)c(-c2cc(C([2H])([2H])C(C)(C)C)cc[n+]2C)cc1-c1ccccc1.[2H]C([2H])([2H])c1cc(C)c(-c2cc(C([2H])([2H])C(C)C)cc[n+]2C)cc1-c1ccccc1.[2H]C([2H])([2H])c1cc(C)c(-c2cc(C3([2H])CCCCC3)cc[n+]2C)cc1-c1ccccc1. The van der Waals surface area contributed by atoms with Crippen LogP contribution in [0.25, 0.3) is 89.5 Å². The van der Waals surface area contributed by atoms with Gasteiger partial charge in [0.05, 0.1) is 0 Å². The minimum Gasteiger partial charge on any atom is -0.201 e. The number of benzene rings is 8. The highest BCUT2D eigenvalue weighted by atomic mass is 14.9. The van der Waals surface area contributed by atoms with Crippen molar-refractivity contribution in [1.82, 2.24) is 0 Å². The van der Waals surface area contributed by atoms with E-state index in [2.05, 4.69) is 16.7 Å². The minimum atomic E-state index is -2.23. The Morgan fingerprint density at radius 2 is 0.706 bits per heavy atom. The number of hydrogen-bond acceptors (Lipinski definition) is 0. The molecule has 0 saturated heterocycles. The molecule has 102 heavy (non-hydrogen) atoms. The first-order chi connectivity index (χ1) is 55.8. The number of aryl methyl sites for hydroxylation is 12. The van der Waals surface area contributed by atoms with Crippen molar-refractivity contribution in [3.05, 3.63) is 310 Å². The molecule has 0 bridgehead atoms. The second kappa shape index (κ2) is 33.9. The summed E-state index contributed by atoms with van der Waals surface area (Å²) in [5, 5.41) is 0. The molecule has 1 aliphatic rings. The van der Waals surface area contributed by atoms with Crippen molar-refractivity contribution in [2.75, 3.05) is 0 Å². The lowest BCUT2D eigenvalue weighted by molar-refractivity contribution is -0.660. The third-order valence-electron chi connectivity index (χ3n) is 18.9. The summed E-state index contributed by atoms with van der Waals surface area (Å²) in [5.74, 6) is -1.41. The zero-order valence-electron chi connectivity index (χ0n) is 80.5. The van der Waals surface area contributed by atoms with Gasteiger partial charge in [0, 0.05) is 95.5 Å². The zero-order valence-corrected chi connectivity index (χ0v) is 62.5. The Bertz CT molecular complexity index is 5610. The largest absolute Gasteiger partial charge is 0.212 e. The molecule has 0 radical (unpaired) electrons. The maximum Gasteiger partial charge on any atom is 0.212 e. The summed E-state index contributed by atoms with van der Waals surface area (Å²) in [7, 11) is 7.82. The van der Waals surface area contributed by atoms with E-state index in [1.54, 1.807) is 18.2 Å². The van der Waals surface area contributed by atoms with Gasteiger partial charge in [-0.05, 0) is 239 Å². The van der Waals surface area contributed by atoms with Gasteiger partial charge in [0.1, 0.15) is 28.2 Å². The molecule has 1 aliphatic carbocycles. The number of aromatic nitrogens is 4. The van der Waals surface area contributed by atoms with E-state index in [9.17, 15) is 0 Å². The van der Waals surface area contributed by atoms with E-state index in [1.807, 2.05) is 331 Å². The Hall–Kier alpha value is -9.64. The zero-order chi connectivity index (χ0) is 88.4. The first kappa shape index (κ1) is 54.1. The van der Waals surface area contributed by atoms with Crippen LogP contribution in [0.5, 0.6) is 0 Å². The maximum absolute atomic E-state index is 9.05. The smallest absolute Gasteiger partial charge is 0.201 e. The third kappa shape index (κ3) is 18.9. The number of nitrogens with zero attached hydrogens (tertiary/aromatic N) is 4. The van der Waals surface area contributed by atoms with E-state index in [-0.39, 0.29) is 5.92 Å². The van der Waals surface area contributed by atoms with Crippen LogP contribution in [0.1, 0.15) is 184 Å². The van der Waals surface area contributed by atoms with E-state index in [4.69, 9.17) is 24.7 Å².